The molecule has 134 valence electrons. The number of hydrogen-bond donors (Lipinski definition) is 0. The standard InChI is InChI=1S/C17H23F3N2O2/c1-11-8-13(9-14(21-11)17(18,19)20)12-6-5-7-22(10-12)15(23)24-16(2,3)4/h8-9,12H,5-7,10H2,1-4H3. The molecule has 1 unspecified atom stereocenters. The smallest absolute Gasteiger partial charge is 0.433 e. The van der Waals surface area contributed by atoms with Crippen molar-refractivity contribution in [3.8, 4) is 0 Å². The predicted molar refractivity (Wildman–Crippen MR) is 83.8 cm³/mol. The van der Waals surface area contributed by atoms with Gasteiger partial charge in [0.1, 0.15) is 11.3 Å². The van der Waals surface area contributed by atoms with Crippen LogP contribution in [0, 0.1) is 6.92 Å². The van der Waals surface area contributed by atoms with Crippen molar-refractivity contribution in [3.63, 3.8) is 0 Å². The first-order valence-corrected chi connectivity index (χ1v) is 7.99. The number of carbonyl (C=O) groups is 1. The Balaban J connectivity index is 2.18. The van der Waals surface area contributed by atoms with Crippen molar-refractivity contribution in [2.45, 2.75) is 58.2 Å². The second-order valence-corrected chi connectivity index (χ2v) is 7.19. The van der Waals surface area contributed by atoms with Crippen LogP contribution in [-0.4, -0.2) is 34.7 Å². The van der Waals surface area contributed by atoms with Crippen molar-refractivity contribution in [2.24, 2.45) is 0 Å². The van der Waals surface area contributed by atoms with Crippen LogP contribution in [0.4, 0.5) is 18.0 Å². The van der Waals surface area contributed by atoms with Gasteiger partial charge < -0.3 is 9.64 Å². The summed E-state index contributed by atoms with van der Waals surface area (Å²) in [4.78, 5) is 17.3. The van der Waals surface area contributed by atoms with E-state index in [-0.39, 0.29) is 5.92 Å². The lowest BCUT2D eigenvalue weighted by atomic mass is 9.90. The summed E-state index contributed by atoms with van der Waals surface area (Å²) in [5.41, 5.74) is -0.579. The van der Waals surface area contributed by atoms with Gasteiger partial charge in [-0.1, -0.05) is 0 Å². The second-order valence-electron chi connectivity index (χ2n) is 7.19. The van der Waals surface area contributed by atoms with Gasteiger partial charge in [-0.3, -0.25) is 0 Å². The van der Waals surface area contributed by atoms with Crippen molar-refractivity contribution < 1.29 is 22.7 Å². The number of likely N-dealkylation sites (tertiary alicyclic amines) is 1. The molecule has 2 rings (SSSR count). The first-order valence-electron chi connectivity index (χ1n) is 7.99. The lowest BCUT2D eigenvalue weighted by Crippen LogP contribution is -2.42. The Morgan fingerprint density at radius 2 is 1.96 bits per heavy atom. The Hall–Kier alpha value is -1.79. The molecule has 24 heavy (non-hydrogen) atoms. The van der Waals surface area contributed by atoms with Crippen LogP contribution >= 0.6 is 0 Å². The number of amides is 1. The fourth-order valence-electron chi connectivity index (χ4n) is 2.82. The molecule has 1 fully saturated rings. The summed E-state index contributed by atoms with van der Waals surface area (Å²) in [7, 11) is 0. The van der Waals surface area contributed by atoms with E-state index < -0.39 is 23.6 Å². The van der Waals surface area contributed by atoms with E-state index in [1.54, 1.807) is 38.7 Å². The van der Waals surface area contributed by atoms with Gasteiger partial charge in [0, 0.05) is 24.7 Å². The highest BCUT2D eigenvalue weighted by atomic mass is 19.4. The van der Waals surface area contributed by atoms with Gasteiger partial charge in [0.2, 0.25) is 0 Å². The SMILES string of the molecule is Cc1cc(C2CCCN(C(=O)OC(C)(C)C)C2)cc(C(F)(F)F)n1. The van der Waals surface area contributed by atoms with Crippen molar-refractivity contribution in [3.05, 3.63) is 29.1 Å². The lowest BCUT2D eigenvalue weighted by Gasteiger charge is -2.34. The molecule has 0 radical (unpaired) electrons. The quantitative estimate of drug-likeness (QED) is 0.752. The Bertz CT molecular complexity index is 609. The number of aryl methyl sites for hydroxylation is 1. The number of alkyl halides is 3. The Labute approximate surface area is 140 Å². The monoisotopic (exact) mass is 344 g/mol. The summed E-state index contributed by atoms with van der Waals surface area (Å²) in [6.07, 6.45) is -3.43. The molecule has 0 N–H and O–H groups in total. The minimum Gasteiger partial charge on any atom is -0.444 e. The van der Waals surface area contributed by atoms with Crippen LogP contribution in [0.1, 0.15) is 56.5 Å². The van der Waals surface area contributed by atoms with E-state index in [0.29, 0.717) is 24.3 Å². The molecule has 1 atom stereocenters. The van der Waals surface area contributed by atoms with Crippen molar-refractivity contribution in [2.75, 3.05) is 13.1 Å². The van der Waals surface area contributed by atoms with Crippen LogP contribution in [-0.2, 0) is 10.9 Å². The zero-order chi connectivity index (χ0) is 18.1. The van der Waals surface area contributed by atoms with E-state index in [9.17, 15) is 18.0 Å². The van der Waals surface area contributed by atoms with Gasteiger partial charge in [-0.25, -0.2) is 9.78 Å². The number of pyridine rings is 1. The number of rotatable bonds is 1. The molecule has 0 saturated carbocycles. The van der Waals surface area contributed by atoms with Gasteiger partial charge >= 0.3 is 12.3 Å². The molecule has 2 heterocycles. The van der Waals surface area contributed by atoms with Crippen LogP contribution in [0.5, 0.6) is 0 Å². The van der Waals surface area contributed by atoms with Crippen molar-refractivity contribution in [1.82, 2.24) is 9.88 Å². The summed E-state index contributed by atoms with van der Waals surface area (Å²) in [6, 6.07) is 2.76. The minimum atomic E-state index is -4.47. The largest absolute Gasteiger partial charge is 0.444 e. The third-order valence-corrected chi connectivity index (χ3v) is 3.81. The van der Waals surface area contributed by atoms with Crippen LogP contribution < -0.4 is 0 Å². The zero-order valence-electron chi connectivity index (χ0n) is 14.4. The molecule has 0 bridgehead atoms. The number of ether oxygens (including phenoxy) is 1. The molecular formula is C17H23F3N2O2. The molecule has 0 aromatic carbocycles. The number of halogens is 3. The number of piperidine rings is 1. The number of nitrogens with zero attached hydrogens (tertiary/aromatic N) is 2. The van der Waals surface area contributed by atoms with E-state index in [4.69, 9.17) is 4.74 Å². The van der Waals surface area contributed by atoms with Crippen LogP contribution in [0.3, 0.4) is 0 Å². The topological polar surface area (TPSA) is 42.4 Å². The Morgan fingerprint density at radius 3 is 2.54 bits per heavy atom. The predicted octanol–water partition coefficient (Wildman–Crippen LogP) is 4.52. The van der Waals surface area contributed by atoms with Gasteiger partial charge in [-0.15, -0.1) is 0 Å². The van der Waals surface area contributed by atoms with E-state index in [1.165, 1.54) is 0 Å². The summed E-state index contributed by atoms with van der Waals surface area (Å²) in [5.74, 6) is -0.144. The van der Waals surface area contributed by atoms with Gasteiger partial charge in [0.05, 0.1) is 0 Å². The summed E-state index contributed by atoms with van der Waals surface area (Å²) in [6.45, 7) is 7.82. The molecular weight excluding hydrogens is 321 g/mol. The third kappa shape index (κ3) is 4.85. The Kier molecular flexibility index (Phi) is 5.11. The molecule has 1 saturated heterocycles. The molecule has 7 heteroatoms. The molecule has 1 aliphatic rings. The molecule has 1 aliphatic heterocycles. The van der Waals surface area contributed by atoms with Crippen molar-refractivity contribution >= 4 is 6.09 Å². The van der Waals surface area contributed by atoms with Crippen LogP contribution in [0.25, 0.3) is 0 Å². The summed E-state index contributed by atoms with van der Waals surface area (Å²) in [5, 5.41) is 0. The first-order chi connectivity index (χ1) is 11.0. The van der Waals surface area contributed by atoms with Crippen LogP contribution in [0.2, 0.25) is 0 Å². The molecule has 1 aromatic rings. The van der Waals surface area contributed by atoms with Gasteiger partial charge in [-0.2, -0.15) is 13.2 Å². The lowest BCUT2D eigenvalue weighted by molar-refractivity contribution is -0.141. The molecule has 1 aromatic heterocycles. The van der Waals surface area contributed by atoms with E-state index >= 15 is 0 Å². The van der Waals surface area contributed by atoms with E-state index in [2.05, 4.69) is 4.98 Å². The van der Waals surface area contributed by atoms with Gasteiger partial charge in [-0.05, 0) is 58.2 Å². The summed E-state index contributed by atoms with van der Waals surface area (Å²) < 4.78 is 44.2. The maximum atomic E-state index is 13.0. The number of carbonyl (C=O) groups excluding carboxylic acids is 1. The highest BCUT2D eigenvalue weighted by molar-refractivity contribution is 5.68. The Morgan fingerprint density at radius 1 is 1.29 bits per heavy atom. The van der Waals surface area contributed by atoms with Gasteiger partial charge in [0.15, 0.2) is 0 Å². The fourth-order valence-corrected chi connectivity index (χ4v) is 2.82. The minimum absolute atomic E-state index is 0.144. The second kappa shape index (κ2) is 6.61. The van der Waals surface area contributed by atoms with E-state index in [1.807, 2.05) is 0 Å². The normalized spacial score (nSPS) is 19.3. The van der Waals surface area contributed by atoms with E-state index in [0.717, 1.165) is 18.9 Å². The molecule has 0 aliphatic carbocycles. The van der Waals surface area contributed by atoms with Crippen LogP contribution in [0.15, 0.2) is 12.1 Å². The molecule has 4 nitrogen and oxygen atoms in total. The maximum Gasteiger partial charge on any atom is 0.433 e. The molecule has 0 spiro atoms. The average Bonchev–Trinajstić information content (AvgIpc) is 2.44. The first kappa shape index (κ1) is 18.5. The average molecular weight is 344 g/mol. The number of hydrogen-bond acceptors (Lipinski definition) is 3. The van der Waals surface area contributed by atoms with Gasteiger partial charge in [0.25, 0.3) is 0 Å². The highest BCUT2D eigenvalue weighted by Crippen LogP contribution is 2.33. The number of aromatic nitrogens is 1. The zero-order valence-corrected chi connectivity index (χ0v) is 14.4. The third-order valence-electron chi connectivity index (χ3n) is 3.81. The maximum absolute atomic E-state index is 13.0. The fraction of sp³-hybridized carbons (Fsp3) is 0.647. The van der Waals surface area contributed by atoms with Crippen molar-refractivity contribution in [1.29, 1.82) is 0 Å². The summed E-state index contributed by atoms with van der Waals surface area (Å²) >= 11 is 0. The molecule has 1 amide bonds. The highest BCUT2D eigenvalue weighted by Gasteiger charge is 2.34.